The van der Waals surface area contributed by atoms with Crippen LogP contribution in [-0.2, 0) is 22.3 Å². The molecule has 0 spiro atoms. The molecule has 1 N–H and O–H groups in total. The van der Waals surface area contributed by atoms with E-state index in [1.165, 1.54) is 23.3 Å². The van der Waals surface area contributed by atoms with Crippen molar-refractivity contribution in [3.63, 3.8) is 0 Å². The molecule has 0 bridgehead atoms. The highest BCUT2D eigenvalue weighted by atomic mass is 32.1. The van der Waals surface area contributed by atoms with Gasteiger partial charge in [0.2, 0.25) is 0 Å². The Balaban J connectivity index is 1.31. The molecular formula is C17H25NO3S. The third-order valence-electron chi connectivity index (χ3n) is 4.30. The van der Waals surface area contributed by atoms with Crippen LogP contribution >= 0.6 is 11.3 Å². The summed E-state index contributed by atoms with van der Waals surface area (Å²) >= 11 is 1.67. The van der Waals surface area contributed by atoms with Crippen molar-refractivity contribution >= 4 is 17.2 Å². The van der Waals surface area contributed by atoms with Crippen LogP contribution in [0.15, 0.2) is 6.07 Å². The third-order valence-corrected chi connectivity index (χ3v) is 5.53. The zero-order chi connectivity index (χ0) is 15.2. The first-order valence-corrected chi connectivity index (χ1v) is 9.24. The van der Waals surface area contributed by atoms with Gasteiger partial charge in [0, 0.05) is 24.6 Å². The van der Waals surface area contributed by atoms with Crippen molar-refractivity contribution in [2.75, 3.05) is 26.4 Å². The number of hydrogen-bond acceptors (Lipinski definition) is 4. The van der Waals surface area contributed by atoms with Crippen molar-refractivity contribution in [2.24, 2.45) is 0 Å². The summed E-state index contributed by atoms with van der Waals surface area (Å²) in [7, 11) is 0. The fourth-order valence-corrected chi connectivity index (χ4v) is 4.23. The maximum absolute atomic E-state index is 12.1. The number of thiophene rings is 1. The van der Waals surface area contributed by atoms with Gasteiger partial charge in [0.15, 0.2) is 0 Å². The van der Waals surface area contributed by atoms with Crippen LogP contribution in [-0.4, -0.2) is 38.4 Å². The number of hydrogen-bond donors (Lipinski definition) is 1. The summed E-state index contributed by atoms with van der Waals surface area (Å²) in [5, 5.41) is 3.00. The Morgan fingerprint density at radius 3 is 3.09 bits per heavy atom. The van der Waals surface area contributed by atoms with Gasteiger partial charge < -0.3 is 14.8 Å². The largest absolute Gasteiger partial charge is 0.379 e. The molecule has 2 aliphatic rings. The predicted molar refractivity (Wildman–Crippen MR) is 87.7 cm³/mol. The van der Waals surface area contributed by atoms with Crippen molar-refractivity contribution in [3.05, 3.63) is 21.4 Å². The van der Waals surface area contributed by atoms with Gasteiger partial charge in [-0.15, -0.1) is 11.3 Å². The topological polar surface area (TPSA) is 47.6 Å². The number of carbonyl (C=O) groups excluding carboxylic acids is 1. The van der Waals surface area contributed by atoms with Crippen LogP contribution in [0.5, 0.6) is 0 Å². The van der Waals surface area contributed by atoms with E-state index in [2.05, 4.69) is 11.4 Å². The number of aryl methyl sites for hydroxylation is 2. The van der Waals surface area contributed by atoms with Crippen molar-refractivity contribution in [3.8, 4) is 0 Å². The molecule has 4 nitrogen and oxygen atoms in total. The Morgan fingerprint density at radius 2 is 2.27 bits per heavy atom. The lowest BCUT2D eigenvalue weighted by molar-refractivity contribution is 0.0166. The number of rotatable bonds is 7. The van der Waals surface area contributed by atoms with E-state index in [4.69, 9.17) is 9.47 Å². The van der Waals surface area contributed by atoms with E-state index < -0.39 is 0 Å². The first-order valence-electron chi connectivity index (χ1n) is 8.42. The van der Waals surface area contributed by atoms with E-state index in [9.17, 15) is 4.79 Å². The van der Waals surface area contributed by atoms with Crippen LogP contribution in [0.1, 0.15) is 52.2 Å². The summed E-state index contributed by atoms with van der Waals surface area (Å²) in [5.74, 6) is 0.0681. The number of carbonyl (C=O) groups is 1. The third kappa shape index (κ3) is 4.31. The minimum absolute atomic E-state index is 0.0681. The van der Waals surface area contributed by atoms with Crippen molar-refractivity contribution in [2.45, 2.75) is 51.0 Å². The van der Waals surface area contributed by atoms with Gasteiger partial charge in [-0.05, 0) is 56.6 Å². The van der Waals surface area contributed by atoms with Crippen LogP contribution in [0, 0.1) is 0 Å². The second-order valence-corrected chi connectivity index (χ2v) is 7.22. The summed E-state index contributed by atoms with van der Waals surface area (Å²) in [6.45, 7) is 2.91. The van der Waals surface area contributed by atoms with E-state index in [1.54, 1.807) is 11.3 Å². The second-order valence-electron chi connectivity index (χ2n) is 6.09. The Morgan fingerprint density at radius 1 is 1.36 bits per heavy atom. The molecule has 1 saturated heterocycles. The molecule has 1 aromatic heterocycles. The summed E-state index contributed by atoms with van der Waals surface area (Å²) in [6, 6.07) is 2.09. The smallest absolute Gasteiger partial charge is 0.261 e. The summed E-state index contributed by atoms with van der Waals surface area (Å²) < 4.78 is 11.1. The maximum Gasteiger partial charge on any atom is 0.261 e. The average molecular weight is 323 g/mol. The van der Waals surface area contributed by atoms with Crippen molar-refractivity contribution in [1.82, 2.24) is 5.32 Å². The molecule has 1 aliphatic heterocycles. The molecule has 1 amide bonds. The van der Waals surface area contributed by atoms with Gasteiger partial charge in [-0.25, -0.2) is 0 Å². The Bertz CT molecular complexity index is 471. The Hall–Kier alpha value is -0.910. The molecule has 3 rings (SSSR count). The van der Waals surface area contributed by atoms with Gasteiger partial charge in [-0.1, -0.05) is 0 Å². The molecule has 1 aromatic rings. The molecule has 122 valence electrons. The van der Waals surface area contributed by atoms with Crippen LogP contribution in [0.4, 0.5) is 0 Å². The number of amides is 1. The van der Waals surface area contributed by atoms with Gasteiger partial charge in [0.25, 0.3) is 5.91 Å². The van der Waals surface area contributed by atoms with Crippen molar-refractivity contribution in [1.29, 1.82) is 0 Å². The number of nitrogens with one attached hydrogen (secondary N) is 1. The van der Waals surface area contributed by atoms with Gasteiger partial charge >= 0.3 is 0 Å². The molecule has 2 heterocycles. The lowest BCUT2D eigenvalue weighted by atomic mass is 9.99. The first kappa shape index (κ1) is 16.0. The van der Waals surface area contributed by atoms with Crippen LogP contribution < -0.4 is 5.32 Å². The van der Waals surface area contributed by atoms with E-state index in [-0.39, 0.29) is 12.0 Å². The zero-order valence-corrected chi connectivity index (χ0v) is 13.9. The molecule has 0 saturated carbocycles. The minimum Gasteiger partial charge on any atom is -0.379 e. The average Bonchev–Trinajstić information content (AvgIpc) is 3.19. The highest BCUT2D eigenvalue weighted by Gasteiger charge is 2.17. The summed E-state index contributed by atoms with van der Waals surface area (Å²) in [6.07, 6.45) is 8.19. The van der Waals surface area contributed by atoms with Crippen LogP contribution in [0.3, 0.4) is 0 Å². The highest BCUT2D eigenvalue weighted by molar-refractivity contribution is 7.14. The van der Waals surface area contributed by atoms with E-state index in [1.807, 2.05) is 0 Å². The molecule has 0 radical (unpaired) electrons. The Labute approximate surface area is 136 Å². The van der Waals surface area contributed by atoms with Gasteiger partial charge in [-0.3, -0.25) is 4.79 Å². The molecule has 1 fully saturated rings. The first-order chi connectivity index (χ1) is 10.8. The molecule has 1 atom stereocenters. The second kappa shape index (κ2) is 8.09. The van der Waals surface area contributed by atoms with Gasteiger partial charge in [0.1, 0.15) is 0 Å². The van der Waals surface area contributed by atoms with E-state index >= 15 is 0 Å². The highest BCUT2D eigenvalue weighted by Crippen LogP contribution is 2.29. The monoisotopic (exact) mass is 323 g/mol. The van der Waals surface area contributed by atoms with Crippen molar-refractivity contribution < 1.29 is 14.3 Å². The number of fused-ring (bicyclic) bond motifs is 1. The summed E-state index contributed by atoms with van der Waals surface area (Å²) in [4.78, 5) is 14.4. The van der Waals surface area contributed by atoms with Gasteiger partial charge in [-0.2, -0.15) is 0 Å². The standard InChI is InChI=1S/C17H25NO3S/c19-17(16-11-13-5-1-2-7-15(13)22-16)18-8-4-9-20-12-14-6-3-10-21-14/h11,14H,1-10,12H2,(H,18,19)/t14-/m1/s1. The SMILES string of the molecule is O=C(NCCCOC[C@H]1CCCO1)c1cc2c(s1)CCCC2. The van der Waals surface area contributed by atoms with Crippen LogP contribution in [0.2, 0.25) is 0 Å². The molecule has 22 heavy (non-hydrogen) atoms. The molecule has 0 unspecified atom stereocenters. The maximum atomic E-state index is 12.1. The predicted octanol–water partition coefficient (Wildman–Crippen LogP) is 2.94. The lowest BCUT2D eigenvalue weighted by Crippen LogP contribution is -2.25. The Kier molecular flexibility index (Phi) is 5.87. The van der Waals surface area contributed by atoms with Crippen LogP contribution in [0.25, 0.3) is 0 Å². The quantitative estimate of drug-likeness (QED) is 0.785. The minimum atomic E-state index is 0.0681. The number of ether oxygens (including phenoxy) is 2. The molecule has 0 aromatic carbocycles. The van der Waals surface area contributed by atoms with E-state index in [0.717, 1.165) is 43.6 Å². The normalized spacial score (nSPS) is 20.8. The van der Waals surface area contributed by atoms with Gasteiger partial charge in [0.05, 0.1) is 17.6 Å². The molecular weight excluding hydrogens is 298 g/mol. The fourth-order valence-electron chi connectivity index (χ4n) is 3.06. The summed E-state index contributed by atoms with van der Waals surface area (Å²) in [5.41, 5.74) is 1.39. The lowest BCUT2D eigenvalue weighted by Gasteiger charge is -2.10. The molecule has 5 heteroatoms. The fraction of sp³-hybridized carbons (Fsp3) is 0.706. The molecule has 1 aliphatic carbocycles. The zero-order valence-electron chi connectivity index (χ0n) is 13.1. The van der Waals surface area contributed by atoms with E-state index in [0.29, 0.717) is 19.8 Å².